The third-order valence-electron chi connectivity index (χ3n) is 3.82. The number of para-hydroxylation sites is 1. The zero-order chi connectivity index (χ0) is 15.2. The van der Waals surface area contributed by atoms with Crippen molar-refractivity contribution in [3.63, 3.8) is 0 Å². The molecular formula is C18H25NO2. The monoisotopic (exact) mass is 287 g/mol. The molecule has 0 atom stereocenters. The molecular weight excluding hydrogens is 262 g/mol. The molecule has 2 aromatic rings. The average Bonchev–Trinajstić information content (AvgIpc) is 2.83. The third-order valence-corrected chi connectivity index (χ3v) is 3.82. The first-order chi connectivity index (χ1) is 10.2. The number of nitrogens with zero attached hydrogens (tertiary/aromatic N) is 1. The maximum atomic E-state index is 12.0. The lowest BCUT2D eigenvalue weighted by molar-refractivity contribution is -0.130. The molecule has 0 N–H and O–H groups in total. The van der Waals surface area contributed by atoms with Crippen LogP contribution in [0, 0.1) is 0 Å². The zero-order valence-electron chi connectivity index (χ0n) is 13.3. The van der Waals surface area contributed by atoms with Crippen molar-refractivity contribution in [1.29, 1.82) is 0 Å². The summed E-state index contributed by atoms with van der Waals surface area (Å²) in [6.45, 7) is 4.85. The first kappa shape index (κ1) is 15.6. The molecule has 114 valence electrons. The summed E-state index contributed by atoms with van der Waals surface area (Å²) >= 11 is 0. The van der Waals surface area contributed by atoms with Gasteiger partial charge in [0, 0.05) is 37.4 Å². The van der Waals surface area contributed by atoms with E-state index < -0.39 is 0 Å². The topological polar surface area (TPSA) is 33.5 Å². The van der Waals surface area contributed by atoms with Crippen molar-refractivity contribution in [1.82, 2.24) is 4.90 Å². The number of aryl methyl sites for hydroxylation is 1. The normalized spacial score (nSPS) is 11.0. The highest BCUT2D eigenvalue weighted by atomic mass is 16.3. The van der Waals surface area contributed by atoms with E-state index in [1.165, 1.54) is 5.56 Å². The number of hydrogen-bond donors (Lipinski definition) is 0. The van der Waals surface area contributed by atoms with Crippen molar-refractivity contribution in [3.05, 3.63) is 35.6 Å². The molecule has 0 fully saturated rings. The largest absolute Gasteiger partial charge is 0.461 e. The molecule has 0 spiro atoms. The number of amides is 1. The Hall–Kier alpha value is -1.77. The van der Waals surface area contributed by atoms with Crippen LogP contribution in [0.3, 0.4) is 0 Å². The average molecular weight is 287 g/mol. The van der Waals surface area contributed by atoms with Crippen LogP contribution in [0.15, 0.2) is 28.7 Å². The highest BCUT2D eigenvalue weighted by molar-refractivity contribution is 5.83. The van der Waals surface area contributed by atoms with E-state index in [9.17, 15) is 4.79 Å². The van der Waals surface area contributed by atoms with Crippen LogP contribution < -0.4 is 0 Å². The van der Waals surface area contributed by atoms with Gasteiger partial charge in [-0.15, -0.1) is 0 Å². The summed E-state index contributed by atoms with van der Waals surface area (Å²) in [6, 6.07) is 8.11. The van der Waals surface area contributed by atoms with E-state index in [0.29, 0.717) is 13.0 Å². The van der Waals surface area contributed by atoms with Gasteiger partial charge in [-0.3, -0.25) is 4.79 Å². The van der Waals surface area contributed by atoms with Gasteiger partial charge < -0.3 is 9.32 Å². The third kappa shape index (κ3) is 3.66. The number of rotatable bonds is 7. The summed E-state index contributed by atoms with van der Waals surface area (Å²) < 4.78 is 6.00. The Morgan fingerprint density at radius 1 is 1.19 bits per heavy atom. The van der Waals surface area contributed by atoms with Gasteiger partial charge >= 0.3 is 0 Å². The molecule has 0 aliphatic carbocycles. The number of carbonyl (C=O) groups excluding carboxylic acids is 1. The van der Waals surface area contributed by atoms with Gasteiger partial charge in [-0.2, -0.15) is 0 Å². The molecule has 2 rings (SSSR count). The van der Waals surface area contributed by atoms with Gasteiger partial charge in [-0.05, 0) is 18.9 Å². The highest BCUT2D eigenvalue weighted by Gasteiger charge is 2.17. The van der Waals surface area contributed by atoms with Crippen LogP contribution in [-0.2, 0) is 17.8 Å². The molecule has 1 aromatic carbocycles. The number of unbranched alkanes of at least 4 members (excludes halogenated alkanes) is 1. The van der Waals surface area contributed by atoms with E-state index in [-0.39, 0.29) is 5.91 Å². The van der Waals surface area contributed by atoms with Crippen LogP contribution in [0.2, 0.25) is 0 Å². The Morgan fingerprint density at radius 2 is 1.95 bits per heavy atom. The van der Waals surface area contributed by atoms with E-state index in [4.69, 9.17) is 4.42 Å². The van der Waals surface area contributed by atoms with E-state index in [0.717, 1.165) is 42.4 Å². The summed E-state index contributed by atoms with van der Waals surface area (Å²) in [5.41, 5.74) is 2.10. The second-order valence-corrected chi connectivity index (χ2v) is 5.60. The fourth-order valence-corrected chi connectivity index (χ4v) is 2.59. The predicted octanol–water partition coefficient (Wildman–Crippen LogP) is 4.53. The van der Waals surface area contributed by atoms with Crippen LogP contribution in [0.5, 0.6) is 0 Å². The standard InChI is InChI=1S/C18H25NO2/c1-4-6-11-17-15(13-19(3)18(20)9-5-2)14-10-7-8-12-16(14)21-17/h7-8,10,12H,4-6,9,11,13H2,1-3H3. The highest BCUT2D eigenvalue weighted by Crippen LogP contribution is 2.28. The predicted molar refractivity (Wildman–Crippen MR) is 86.2 cm³/mol. The molecule has 3 nitrogen and oxygen atoms in total. The fourth-order valence-electron chi connectivity index (χ4n) is 2.59. The summed E-state index contributed by atoms with van der Waals surface area (Å²) in [5.74, 6) is 1.23. The van der Waals surface area contributed by atoms with Crippen LogP contribution in [0.4, 0.5) is 0 Å². The van der Waals surface area contributed by atoms with Crippen LogP contribution >= 0.6 is 0 Å². The van der Waals surface area contributed by atoms with Crippen molar-refractivity contribution in [3.8, 4) is 0 Å². The summed E-state index contributed by atoms with van der Waals surface area (Å²) in [7, 11) is 1.88. The molecule has 0 bridgehead atoms. The summed E-state index contributed by atoms with van der Waals surface area (Å²) in [5, 5.41) is 1.14. The Kier molecular flexibility index (Phi) is 5.43. The molecule has 0 aliphatic rings. The number of furan rings is 1. The first-order valence-corrected chi connectivity index (χ1v) is 7.90. The van der Waals surface area contributed by atoms with E-state index in [1.807, 2.05) is 37.1 Å². The molecule has 3 heteroatoms. The van der Waals surface area contributed by atoms with Crippen molar-refractivity contribution >= 4 is 16.9 Å². The zero-order valence-corrected chi connectivity index (χ0v) is 13.3. The fraction of sp³-hybridized carbons (Fsp3) is 0.500. The number of carbonyl (C=O) groups is 1. The van der Waals surface area contributed by atoms with Gasteiger partial charge in [0.25, 0.3) is 0 Å². The maximum Gasteiger partial charge on any atom is 0.222 e. The Balaban J connectivity index is 2.28. The Labute approximate surface area is 126 Å². The van der Waals surface area contributed by atoms with Crippen molar-refractivity contribution in [2.75, 3.05) is 7.05 Å². The first-order valence-electron chi connectivity index (χ1n) is 7.90. The van der Waals surface area contributed by atoms with Gasteiger partial charge in [0.1, 0.15) is 11.3 Å². The minimum Gasteiger partial charge on any atom is -0.461 e. The molecule has 0 radical (unpaired) electrons. The quantitative estimate of drug-likeness (QED) is 0.749. The van der Waals surface area contributed by atoms with Crippen molar-refractivity contribution in [2.24, 2.45) is 0 Å². The number of fused-ring (bicyclic) bond motifs is 1. The van der Waals surface area contributed by atoms with E-state index >= 15 is 0 Å². The lowest BCUT2D eigenvalue weighted by atomic mass is 10.1. The van der Waals surface area contributed by atoms with Crippen molar-refractivity contribution in [2.45, 2.75) is 52.5 Å². The van der Waals surface area contributed by atoms with Gasteiger partial charge in [0.2, 0.25) is 5.91 Å². The number of benzene rings is 1. The number of hydrogen-bond acceptors (Lipinski definition) is 2. The second-order valence-electron chi connectivity index (χ2n) is 5.60. The lowest BCUT2D eigenvalue weighted by Crippen LogP contribution is -2.26. The van der Waals surface area contributed by atoms with Gasteiger partial charge in [-0.1, -0.05) is 38.5 Å². The summed E-state index contributed by atoms with van der Waals surface area (Å²) in [6.07, 6.45) is 4.69. The van der Waals surface area contributed by atoms with Crippen LogP contribution in [0.1, 0.15) is 50.9 Å². The molecule has 0 aliphatic heterocycles. The van der Waals surface area contributed by atoms with Gasteiger partial charge in [0.05, 0.1) is 0 Å². The molecule has 0 unspecified atom stereocenters. The van der Waals surface area contributed by atoms with Crippen molar-refractivity contribution < 1.29 is 9.21 Å². The summed E-state index contributed by atoms with van der Waals surface area (Å²) in [4.78, 5) is 13.8. The van der Waals surface area contributed by atoms with Crippen LogP contribution in [0.25, 0.3) is 11.0 Å². The molecule has 1 heterocycles. The molecule has 0 saturated heterocycles. The van der Waals surface area contributed by atoms with Gasteiger partial charge in [-0.25, -0.2) is 0 Å². The lowest BCUT2D eigenvalue weighted by Gasteiger charge is -2.17. The minimum absolute atomic E-state index is 0.198. The smallest absolute Gasteiger partial charge is 0.222 e. The maximum absolute atomic E-state index is 12.0. The van der Waals surface area contributed by atoms with E-state index in [2.05, 4.69) is 13.0 Å². The SMILES string of the molecule is CCCCc1oc2ccccc2c1CN(C)C(=O)CCC. The van der Waals surface area contributed by atoms with E-state index in [1.54, 1.807) is 0 Å². The molecule has 1 amide bonds. The Morgan fingerprint density at radius 3 is 2.67 bits per heavy atom. The second kappa shape index (κ2) is 7.30. The molecule has 21 heavy (non-hydrogen) atoms. The molecule has 1 aromatic heterocycles. The Bertz CT molecular complexity index is 600. The molecule has 0 saturated carbocycles. The minimum atomic E-state index is 0.198. The van der Waals surface area contributed by atoms with Gasteiger partial charge in [0.15, 0.2) is 0 Å². The van der Waals surface area contributed by atoms with Crippen LogP contribution in [-0.4, -0.2) is 17.9 Å².